The van der Waals surface area contributed by atoms with Crippen molar-refractivity contribution in [3.63, 3.8) is 0 Å². The minimum Gasteiger partial charge on any atom is -0.411 e. The highest BCUT2D eigenvalue weighted by atomic mass is 35.5. The van der Waals surface area contributed by atoms with E-state index in [1.165, 1.54) is 16.7 Å². The van der Waals surface area contributed by atoms with Gasteiger partial charge in [-0.15, -0.1) is 0 Å². The summed E-state index contributed by atoms with van der Waals surface area (Å²) in [6.07, 6.45) is 0.748. The molecule has 0 saturated heterocycles. The van der Waals surface area contributed by atoms with Gasteiger partial charge in [-0.3, -0.25) is 0 Å². The van der Waals surface area contributed by atoms with Crippen molar-refractivity contribution in [3.8, 4) is 0 Å². The third-order valence-electron chi connectivity index (χ3n) is 6.07. The van der Waals surface area contributed by atoms with Gasteiger partial charge in [-0.05, 0) is 60.8 Å². The number of imidazole rings is 1. The van der Waals surface area contributed by atoms with Gasteiger partial charge in [0.15, 0.2) is 14.0 Å². The van der Waals surface area contributed by atoms with Crippen LogP contribution in [0.5, 0.6) is 0 Å². The van der Waals surface area contributed by atoms with Crippen molar-refractivity contribution in [2.24, 2.45) is 0 Å². The van der Waals surface area contributed by atoms with Gasteiger partial charge in [0.2, 0.25) is 0 Å². The van der Waals surface area contributed by atoms with E-state index in [2.05, 4.69) is 71.0 Å². The van der Waals surface area contributed by atoms with Crippen LogP contribution in [0.15, 0.2) is 30.3 Å². The van der Waals surface area contributed by atoms with Gasteiger partial charge in [0, 0.05) is 6.42 Å². The van der Waals surface area contributed by atoms with Crippen molar-refractivity contribution >= 4 is 25.6 Å². The fraction of sp³-hybridized carbons (Fsp3) is 0.455. The van der Waals surface area contributed by atoms with Crippen molar-refractivity contribution in [1.29, 1.82) is 0 Å². The molecule has 0 N–H and O–H groups in total. The van der Waals surface area contributed by atoms with Crippen LogP contribution in [0.1, 0.15) is 48.8 Å². The number of benzene rings is 1. The Morgan fingerprint density at radius 2 is 1.82 bits per heavy atom. The molecule has 3 aromatic rings. The van der Waals surface area contributed by atoms with Gasteiger partial charge in [0.05, 0.1) is 18.0 Å². The van der Waals surface area contributed by atoms with Crippen LogP contribution in [-0.4, -0.2) is 22.9 Å². The quantitative estimate of drug-likeness (QED) is 0.471. The van der Waals surface area contributed by atoms with E-state index >= 15 is 0 Å². The van der Waals surface area contributed by atoms with E-state index in [4.69, 9.17) is 21.0 Å². The van der Waals surface area contributed by atoms with Gasteiger partial charge in [-0.25, -0.2) is 9.50 Å². The molecule has 28 heavy (non-hydrogen) atoms. The minimum atomic E-state index is -1.88. The molecule has 4 nitrogen and oxygen atoms in total. The Morgan fingerprint density at radius 3 is 2.50 bits per heavy atom. The largest absolute Gasteiger partial charge is 0.411 e. The fourth-order valence-corrected chi connectivity index (χ4v) is 4.01. The summed E-state index contributed by atoms with van der Waals surface area (Å²) in [6, 6.07) is 10.1. The molecule has 0 aliphatic rings. The monoisotopic (exact) mass is 415 g/mol. The first kappa shape index (κ1) is 21.0. The Kier molecular flexibility index (Phi) is 5.72. The number of fused-ring (bicyclic) bond motifs is 1. The summed E-state index contributed by atoms with van der Waals surface area (Å²) in [5, 5.41) is 5.13. The lowest BCUT2D eigenvalue weighted by molar-refractivity contribution is 0.271. The Hall–Kier alpha value is -1.69. The highest BCUT2D eigenvalue weighted by molar-refractivity contribution is 6.74. The molecule has 2 aromatic heterocycles. The summed E-state index contributed by atoms with van der Waals surface area (Å²) in [5.41, 5.74) is 6.66. The zero-order valence-corrected chi connectivity index (χ0v) is 19.7. The van der Waals surface area contributed by atoms with Gasteiger partial charge in [0.25, 0.3) is 0 Å². The van der Waals surface area contributed by atoms with E-state index in [-0.39, 0.29) is 5.04 Å². The molecule has 150 valence electrons. The van der Waals surface area contributed by atoms with E-state index in [1.54, 1.807) is 6.07 Å². The first-order valence-electron chi connectivity index (χ1n) is 9.72. The summed E-state index contributed by atoms with van der Waals surface area (Å²) in [7, 11) is -1.88. The lowest BCUT2D eigenvalue weighted by atomic mass is 9.99. The predicted molar refractivity (Wildman–Crippen MR) is 119 cm³/mol. The molecular formula is C22H30ClN3OSi. The van der Waals surface area contributed by atoms with Gasteiger partial charge >= 0.3 is 0 Å². The van der Waals surface area contributed by atoms with Crippen LogP contribution in [0.25, 0.3) is 5.65 Å². The minimum absolute atomic E-state index is 0.154. The van der Waals surface area contributed by atoms with Crippen molar-refractivity contribution in [1.82, 2.24) is 14.6 Å². The van der Waals surface area contributed by atoms with E-state index in [0.29, 0.717) is 11.8 Å². The molecule has 6 heteroatoms. The molecule has 0 radical (unpaired) electrons. The molecule has 0 fully saturated rings. The van der Waals surface area contributed by atoms with Crippen LogP contribution < -0.4 is 0 Å². The molecule has 2 heterocycles. The summed E-state index contributed by atoms with van der Waals surface area (Å²) >= 11 is 6.18. The third-order valence-corrected chi connectivity index (χ3v) is 10.8. The van der Waals surface area contributed by atoms with Gasteiger partial charge in [0.1, 0.15) is 5.15 Å². The number of rotatable bonds is 5. The second-order valence-electron chi connectivity index (χ2n) is 9.02. The number of aromatic nitrogens is 3. The summed E-state index contributed by atoms with van der Waals surface area (Å²) in [4.78, 5) is 4.83. The van der Waals surface area contributed by atoms with Gasteiger partial charge in [-0.1, -0.05) is 50.6 Å². The fourth-order valence-electron chi connectivity index (χ4n) is 2.94. The molecule has 0 amide bonds. The predicted octanol–water partition coefficient (Wildman–Crippen LogP) is 6.11. The maximum Gasteiger partial charge on any atom is 0.192 e. The zero-order chi connectivity index (χ0) is 20.7. The lowest BCUT2D eigenvalue weighted by Crippen LogP contribution is -2.40. The maximum atomic E-state index is 6.47. The molecule has 0 atom stereocenters. The van der Waals surface area contributed by atoms with E-state index in [9.17, 15) is 0 Å². The number of halogens is 1. The van der Waals surface area contributed by atoms with Crippen LogP contribution in [0, 0.1) is 13.8 Å². The lowest BCUT2D eigenvalue weighted by Gasteiger charge is -2.36. The zero-order valence-electron chi connectivity index (χ0n) is 17.9. The molecule has 0 spiro atoms. The summed E-state index contributed by atoms with van der Waals surface area (Å²) in [5.74, 6) is 0. The van der Waals surface area contributed by atoms with Crippen molar-refractivity contribution < 1.29 is 4.43 Å². The molecular weight excluding hydrogens is 386 g/mol. The molecule has 0 unspecified atom stereocenters. The van der Waals surface area contributed by atoms with Crippen molar-refractivity contribution in [2.75, 3.05) is 0 Å². The SMILES string of the molecule is Cc1cccc(Cc2c(CO[Si](C)(C)C(C)(C)C)nc3ccc(Cl)nn23)c1C. The summed E-state index contributed by atoms with van der Waals surface area (Å²) in [6.45, 7) is 16.1. The van der Waals surface area contributed by atoms with Crippen molar-refractivity contribution in [2.45, 2.75) is 65.8 Å². The molecule has 1 aromatic carbocycles. The Balaban J connectivity index is 2.03. The average Bonchev–Trinajstić information content (AvgIpc) is 2.93. The van der Waals surface area contributed by atoms with Crippen LogP contribution in [0.2, 0.25) is 23.3 Å². The van der Waals surface area contributed by atoms with E-state index in [1.807, 2.05) is 10.6 Å². The topological polar surface area (TPSA) is 39.4 Å². The van der Waals surface area contributed by atoms with Crippen LogP contribution in [0.3, 0.4) is 0 Å². The number of hydrogen-bond acceptors (Lipinski definition) is 3. The second kappa shape index (κ2) is 7.62. The smallest absolute Gasteiger partial charge is 0.192 e. The Morgan fingerprint density at radius 1 is 1.11 bits per heavy atom. The number of aryl methyl sites for hydroxylation is 1. The molecule has 0 bridgehead atoms. The van der Waals surface area contributed by atoms with Crippen molar-refractivity contribution in [3.05, 3.63) is 63.6 Å². The Bertz CT molecular complexity index is 1000. The van der Waals surface area contributed by atoms with Crippen LogP contribution in [0.4, 0.5) is 0 Å². The number of nitrogens with zero attached hydrogens (tertiary/aromatic N) is 3. The van der Waals surface area contributed by atoms with E-state index in [0.717, 1.165) is 23.5 Å². The second-order valence-corrected chi connectivity index (χ2v) is 14.2. The summed E-state index contributed by atoms with van der Waals surface area (Å²) < 4.78 is 8.34. The average molecular weight is 416 g/mol. The standard InChI is InChI=1S/C22H30ClN3OSi/c1-15-9-8-10-17(16(15)2)13-19-18(14-27-28(6,7)22(3,4)5)24-21-12-11-20(23)25-26(19)21/h8-12H,13-14H2,1-7H3. The maximum absolute atomic E-state index is 6.47. The molecule has 0 aliphatic carbocycles. The molecule has 0 aliphatic heterocycles. The number of hydrogen-bond donors (Lipinski definition) is 0. The van der Waals surface area contributed by atoms with Gasteiger partial charge in [-0.2, -0.15) is 5.10 Å². The normalized spacial score (nSPS) is 12.7. The van der Waals surface area contributed by atoms with Crippen LogP contribution >= 0.6 is 11.6 Å². The highest BCUT2D eigenvalue weighted by Gasteiger charge is 2.37. The van der Waals surface area contributed by atoms with E-state index < -0.39 is 8.32 Å². The molecule has 0 saturated carbocycles. The van der Waals surface area contributed by atoms with Gasteiger partial charge < -0.3 is 4.43 Å². The third kappa shape index (κ3) is 4.16. The van der Waals surface area contributed by atoms with Crippen LogP contribution in [-0.2, 0) is 17.5 Å². The molecule has 3 rings (SSSR count). The Labute approximate surface area is 174 Å². The highest BCUT2D eigenvalue weighted by Crippen LogP contribution is 2.37. The first-order chi connectivity index (χ1) is 13.0. The first-order valence-corrected chi connectivity index (χ1v) is 13.0.